The molecule has 3 N–H and O–H groups in total. The van der Waals surface area contributed by atoms with Gasteiger partial charge in [-0.25, -0.2) is 17.8 Å². The Morgan fingerprint density at radius 3 is 2.59 bits per heavy atom. The first kappa shape index (κ1) is 23.0. The van der Waals surface area contributed by atoms with Crippen molar-refractivity contribution in [1.29, 1.82) is 5.26 Å². The average molecular weight is 474 g/mol. The molecule has 0 unspecified atom stereocenters. The van der Waals surface area contributed by atoms with Crippen molar-refractivity contribution in [3.05, 3.63) is 82.8 Å². The number of nitrogens with zero attached hydrogens (tertiary/aromatic N) is 2. The summed E-state index contributed by atoms with van der Waals surface area (Å²) in [5.41, 5.74) is 0.516. The second-order valence-corrected chi connectivity index (χ2v) is 8.54. The van der Waals surface area contributed by atoms with Crippen molar-refractivity contribution in [1.82, 2.24) is 10.3 Å². The molecule has 0 aliphatic rings. The molecule has 1 aromatic heterocycles. The van der Waals surface area contributed by atoms with Gasteiger partial charge in [-0.05, 0) is 54.6 Å². The maximum Gasteiger partial charge on any atom is 0.261 e. The molecule has 164 valence electrons. The fourth-order valence-corrected chi connectivity index (χ4v) is 3.95. The smallest absolute Gasteiger partial charge is 0.261 e. The third-order valence-corrected chi connectivity index (χ3v) is 5.93. The molecule has 0 spiro atoms. The summed E-state index contributed by atoms with van der Waals surface area (Å²) < 4.78 is 40.6. The SMILES string of the molecule is N#Cc1cccnc1NCCNC(=O)c1cc(S(=O)(=O)Nc2ccc(F)cc2)ccc1Cl. The summed E-state index contributed by atoms with van der Waals surface area (Å²) in [7, 11) is -4.03. The molecule has 0 saturated heterocycles. The Hall–Kier alpha value is -3.68. The number of aromatic nitrogens is 1. The molecule has 0 radical (unpaired) electrons. The van der Waals surface area contributed by atoms with E-state index in [0.717, 1.165) is 18.2 Å². The highest BCUT2D eigenvalue weighted by Gasteiger charge is 2.19. The summed E-state index contributed by atoms with van der Waals surface area (Å²) in [5.74, 6) is -0.681. The van der Waals surface area contributed by atoms with Crippen LogP contribution < -0.4 is 15.4 Å². The van der Waals surface area contributed by atoms with Crippen molar-refractivity contribution >= 4 is 39.0 Å². The van der Waals surface area contributed by atoms with Crippen molar-refractivity contribution in [2.24, 2.45) is 0 Å². The first-order valence-electron chi connectivity index (χ1n) is 9.25. The fraction of sp³-hybridized carbons (Fsp3) is 0.0952. The highest BCUT2D eigenvalue weighted by molar-refractivity contribution is 7.92. The van der Waals surface area contributed by atoms with E-state index < -0.39 is 21.7 Å². The van der Waals surface area contributed by atoms with Crippen LogP contribution in [-0.4, -0.2) is 32.4 Å². The number of hydrogen-bond donors (Lipinski definition) is 3. The Morgan fingerprint density at radius 2 is 1.88 bits per heavy atom. The minimum atomic E-state index is -4.03. The molecule has 0 saturated carbocycles. The van der Waals surface area contributed by atoms with Gasteiger partial charge in [-0.1, -0.05) is 11.6 Å². The number of anilines is 2. The molecule has 0 aliphatic heterocycles. The largest absolute Gasteiger partial charge is 0.367 e. The summed E-state index contributed by atoms with van der Waals surface area (Å²) in [6, 6.07) is 13.8. The fourth-order valence-electron chi connectivity index (χ4n) is 2.67. The van der Waals surface area contributed by atoms with Gasteiger partial charge < -0.3 is 10.6 Å². The molecule has 0 aliphatic carbocycles. The number of nitriles is 1. The van der Waals surface area contributed by atoms with Crippen LogP contribution in [0.2, 0.25) is 5.02 Å². The first-order chi connectivity index (χ1) is 15.3. The predicted molar refractivity (Wildman–Crippen MR) is 118 cm³/mol. The molecule has 1 heterocycles. The van der Waals surface area contributed by atoms with Crippen LogP contribution in [-0.2, 0) is 10.0 Å². The topological polar surface area (TPSA) is 124 Å². The summed E-state index contributed by atoms with van der Waals surface area (Å²) in [6.45, 7) is 0.445. The average Bonchev–Trinajstić information content (AvgIpc) is 2.78. The number of carbonyl (C=O) groups excluding carboxylic acids is 1. The van der Waals surface area contributed by atoms with E-state index in [4.69, 9.17) is 16.9 Å². The number of halogens is 2. The van der Waals surface area contributed by atoms with E-state index in [9.17, 15) is 17.6 Å². The molecular weight excluding hydrogens is 457 g/mol. The maximum atomic E-state index is 13.0. The zero-order chi connectivity index (χ0) is 23.1. The molecular formula is C21H17ClFN5O3S. The summed E-state index contributed by atoms with van der Waals surface area (Å²) >= 11 is 6.09. The number of hydrogen-bond acceptors (Lipinski definition) is 6. The maximum absolute atomic E-state index is 13.0. The second-order valence-electron chi connectivity index (χ2n) is 6.45. The van der Waals surface area contributed by atoms with Crippen LogP contribution in [0.25, 0.3) is 0 Å². The van der Waals surface area contributed by atoms with E-state index in [1.54, 1.807) is 12.1 Å². The summed E-state index contributed by atoms with van der Waals surface area (Å²) in [5, 5.41) is 14.7. The molecule has 32 heavy (non-hydrogen) atoms. The predicted octanol–water partition coefficient (Wildman–Crippen LogP) is 3.39. The van der Waals surface area contributed by atoms with E-state index in [1.807, 2.05) is 6.07 Å². The zero-order valence-corrected chi connectivity index (χ0v) is 18.0. The molecule has 0 fully saturated rings. The Balaban J connectivity index is 1.66. The van der Waals surface area contributed by atoms with E-state index in [-0.39, 0.29) is 34.3 Å². The van der Waals surface area contributed by atoms with Crippen LogP contribution in [0.3, 0.4) is 0 Å². The molecule has 0 atom stereocenters. The third-order valence-electron chi connectivity index (χ3n) is 4.22. The Kier molecular flexibility index (Phi) is 7.25. The van der Waals surface area contributed by atoms with Gasteiger partial charge in [-0.3, -0.25) is 9.52 Å². The zero-order valence-electron chi connectivity index (χ0n) is 16.5. The van der Waals surface area contributed by atoms with Gasteiger partial charge in [-0.15, -0.1) is 0 Å². The van der Waals surface area contributed by atoms with Gasteiger partial charge in [0.15, 0.2) is 0 Å². The van der Waals surface area contributed by atoms with Gasteiger partial charge >= 0.3 is 0 Å². The lowest BCUT2D eigenvalue weighted by Crippen LogP contribution is -2.29. The number of rotatable bonds is 8. The van der Waals surface area contributed by atoms with E-state index in [1.165, 1.54) is 30.5 Å². The minimum absolute atomic E-state index is 0.0239. The molecule has 1 amide bonds. The van der Waals surface area contributed by atoms with E-state index in [2.05, 4.69) is 20.3 Å². The van der Waals surface area contributed by atoms with Crippen molar-refractivity contribution in [3.63, 3.8) is 0 Å². The number of nitrogens with one attached hydrogen (secondary N) is 3. The Morgan fingerprint density at radius 1 is 1.12 bits per heavy atom. The van der Waals surface area contributed by atoms with Crippen LogP contribution >= 0.6 is 11.6 Å². The van der Waals surface area contributed by atoms with Gasteiger partial charge in [0.05, 0.1) is 21.0 Å². The minimum Gasteiger partial charge on any atom is -0.367 e. The second kappa shape index (κ2) is 10.1. The lowest BCUT2D eigenvalue weighted by atomic mass is 10.2. The van der Waals surface area contributed by atoms with Gasteiger partial charge in [0.25, 0.3) is 15.9 Å². The molecule has 11 heteroatoms. The number of amides is 1. The van der Waals surface area contributed by atoms with Crippen LogP contribution in [0, 0.1) is 17.1 Å². The lowest BCUT2D eigenvalue weighted by molar-refractivity contribution is 0.0955. The summed E-state index contributed by atoms with van der Waals surface area (Å²) in [4.78, 5) is 16.4. The lowest BCUT2D eigenvalue weighted by Gasteiger charge is -2.12. The van der Waals surface area contributed by atoms with Crippen LogP contribution in [0.1, 0.15) is 15.9 Å². The molecule has 8 nitrogen and oxygen atoms in total. The first-order valence-corrected chi connectivity index (χ1v) is 11.1. The van der Waals surface area contributed by atoms with E-state index in [0.29, 0.717) is 11.4 Å². The molecule has 3 aromatic rings. The Bertz CT molecular complexity index is 1280. The van der Waals surface area contributed by atoms with E-state index >= 15 is 0 Å². The Labute approximate surface area is 189 Å². The number of pyridine rings is 1. The molecule has 0 bridgehead atoms. The highest BCUT2D eigenvalue weighted by atomic mass is 35.5. The monoisotopic (exact) mass is 473 g/mol. The standard InChI is InChI=1S/C21H17ClFN5O3S/c22-19-8-7-17(32(30,31)28-16-5-3-15(23)4-6-16)12-18(19)21(29)27-11-10-26-20-14(13-24)2-1-9-25-20/h1-9,12,28H,10-11H2,(H,25,26)(H,27,29). The van der Waals surface area contributed by atoms with Crippen molar-refractivity contribution < 1.29 is 17.6 Å². The molecule has 3 rings (SSSR count). The highest BCUT2D eigenvalue weighted by Crippen LogP contribution is 2.23. The quantitative estimate of drug-likeness (QED) is 0.431. The van der Waals surface area contributed by atoms with Gasteiger partial charge in [0.2, 0.25) is 0 Å². The van der Waals surface area contributed by atoms with Gasteiger partial charge in [-0.2, -0.15) is 5.26 Å². The third kappa shape index (κ3) is 5.72. The number of sulfonamides is 1. The van der Waals surface area contributed by atoms with Crippen molar-refractivity contribution in [2.75, 3.05) is 23.1 Å². The van der Waals surface area contributed by atoms with Crippen molar-refractivity contribution in [2.45, 2.75) is 4.90 Å². The summed E-state index contributed by atoms with van der Waals surface area (Å²) in [6.07, 6.45) is 1.54. The van der Waals surface area contributed by atoms with Gasteiger partial charge in [0.1, 0.15) is 17.7 Å². The van der Waals surface area contributed by atoms with Crippen LogP contribution in [0.15, 0.2) is 65.7 Å². The van der Waals surface area contributed by atoms with Crippen LogP contribution in [0.5, 0.6) is 0 Å². The normalized spacial score (nSPS) is 10.8. The van der Waals surface area contributed by atoms with Gasteiger partial charge in [0, 0.05) is 25.0 Å². The number of benzene rings is 2. The van der Waals surface area contributed by atoms with Crippen LogP contribution in [0.4, 0.5) is 15.9 Å². The van der Waals surface area contributed by atoms with Crippen molar-refractivity contribution in [3.8, 4) is 6.07 Å². The molecule has 2 aromatic carbocycles. The number of carbonyl (C=O) groups is 1.